The molecule has 2 aliphatic heterocycles. The Kier molecular flexibility index (Phi) is 8.62. The molecule has 10 nitrogen and oxygen atoms in total. The normalized spacial score (nSPS) is 28.7. The van der Waals surface area contributed by atoms with Crippen molar-refractivity contribution in [2.45, 2.75) is 56.7 Å². The fourth-order valence-electron chi connectivity index (χ4n) is 7.81. The van der Waals surface area contributed by atoms with E-state index in [1.165, 1.54) is 36.2 Å². The lowest BCUT2D eigenvalue weighted by Crippen LogP contribution is -2.72. The maximum absolute atomic E-state index is 13.4. The average molecular weight is 601 g/mol. The fourth-order valence-corrected chi connectivity index (χ4v) is 7.81. The van der Waals surface area contributed by atoms with E-state index in [1.54, 1.807) is 13.0 Å². The number of nitrogens with two attached hydrogens (primary N) is 1. The molecule has 0 saturated carbocycles. The molecule has 2 heterocycles. The number of carboxylic acids is 2. The van der Waals surface area contributed by atoms with E-state index in [4.69, 9.17) is 5.73 Å². The summed E-state index contributed by atoms with van der Waals surface area (Å²) < 4.78 is 0. The second-order valence-electron chi connectivity index (χ2n) is 12.5. The Morgan fingerprint density at radius 2 is 1.52 bits per heavy atom. The zero-order valence-corrected chi connectivity index (χ0v) is 25.1. The highest BCUT2D eigenvalue weighted by Gasteiger charge is 2.65. The summed E-state index contributed by atoms with van der Waals surface area (Å²) in [5.41, 5.74) is 5.38. The number of likely N-dealkylation sites (tertiary alicyclic amines) is 1. The van der Waals surface area contributed by atoms with Gasteiger partial charge in [0.05, 0.1) is 16.5 Å². The van der Waals surface area contributed by atoms with Crippen LogP contribution < -0.4 is 11.1 Å². The average Bonchev–Trinajstić information content (AvgIpc) is 3.03. The van der Waals surface area contributed by atoms with E-state index >= 15 is 0 Å². The Morgan fingerprint density at radius 1 is 0.955 bits per heavy atom. The number of carbonyl (C=O) groups is 2. The number of nitrogens with one attached hydrogen (secondary N) is 1. The summed E-state index contributed by atoms with van der Waals surface area (Å²) in [5, 5.41) is 36.2. The number of nitro benzene ring substituents is 1. The van der Waals surface area contributed by atoms with E-state index in [2.05, 4.69) is 58.7 Å². The van der Waals surface area contributed by atoms with Gasteiger partial charge < -0.3 is 20.8 Å². The SMILES string of the molecule is CC1NC(N)C(C)(C(=O)O)C(c2cccc([N+](=O)[O-])c2)C1(CCN1CCC(c2ccccc2)(c2ccccc2)CC1)C(=O)O. The van der Waals surface area contributed by atoms with E-state index < -0.39 is 45.8 Å². The Morgan fingerprint density at radius 3 is 2.02 bits per heavy atom. The molecular weight excluding hydrogens is 560 g/mol. The first-order valence-electron chi connectivity index (χ1n) is 15.0. The van der Waals surface area contributed by atoms with Crippen LogP contribution in [0.2, 0.25) is 0 Å². The van der Waals surface area contributed by atoms with Crippen LogP contribution in [0.4, 0.5) is 5.69 Å². The largest absolute Gasteiger partial charge is 0.481 e. The summed E-state index contributed by atoms with van der Waals surface area (Å²) in [6, 6.07) is 25.8. The van der Waals surface area contributed by atoms with Gasteiger partial charge in [-0.2, -0.15) is 0 Å². The molecule has 0 bridgehead atoms. The Labute approximate surface area is 257 Å². The van der Waals surface area contributed by atoms with Crippen LogP contribution in [0.15, 0.2) is 84.9 Å². The maximum Gasteiger partial charge on any atom is 0.312 e. The minimum atomic E-state index is -1.77. The van der Waals surface area contributed by atoms with Crippen LogP contribution in [0.1, 0.15) is 55.7 Å². The van der Waals surface area contributed by atoms with Crippen molar-refractivity contribution in [3.8, 4) is 0 Å². The molecule has 232 valence electrons. The molecule has 0 aromatic heterocycles. The summed E-state index contributed by atoms with van der Waals surface area (Å²) >= 11 is 0. The van der Waals surface area contributed by atoms with Gasteiger partial charge in [0, 0.05) is 29.5 Å². The first-order valence-corrected chi connectivity index (χ1v) is 15.0. The third-order valence-electron chi connectivity index (χ3n) is 10.4. The maximum atomic E-state index is 13.4. The predicted octanol–water partition coefficient (Wildman–Crippen LogP) is 4.59. The minimum Gasteiger partial charge on any atom is -0.481 e. The number of nitrogens with zero attached hydrogens (tertiary/aromatic N) is 2. The summed E-state index contributed by atoms with van der Waals surface area (Å²) in [7, 11) is 0. The molecule has 0 aliphatic carbocycles. The molecule has 0 amide bonds. The molecule has 10 heteroatoms. The third-order valence-corrected chi connectivity index (χ3v) is 10.4. The van der Waals surface area contributed by atoms with Gasteiger partial charge in [-0.05, 0) is 69.4 Å². The van der Waals surface area contributed by atoms with E-state index in [0.29, 0.717) is 6.54 Å². The molecule has 44 heavy (non-hydrogen) atoms. The van der Waals surface area contributed by atoms with Gasteiger partial charge in [0.1, 0.15) is 5.41 Å². The molecule has 5 N–H and O–H groups in total. The van der Waals surface area contributed by atoms with Crippen LogP contribution in [-0.2, 0) is 15.0 Å². The van der Waals surface area contributed by atoms with Crippen LogP contribution in [-0.4, -0.2) is 63.8 Å². The van der Waals surface area contributed by atoms with Crippen molar-refractivity contribution in [1.82, 2.24) is 10.2 Å². The summed E-state index contributed by atoms with van der Waals surface area (Å²) in [4.78, 5) is 39.7. The summed E-state index contributed by atoms with van der Waals surface area (Å²) in [5.74, 6) is -3.57. The smallest absolute Gasteiger partial charge is 0.312 e. The molecule has 0 radical (unpaired) electrons. The van der Waals surface area contributed by atoms with Crippen LogP contribution in [0, 0.1) is 20.9 Å². The first-order chi connectivity index (χ1) is 21.0. The third kappa shape index (κ3) is 5.16. The van der Waals surface area contributed by atoms with Gasteiger partial charge in [-0.15, -0.1) is 0 Å². The molecule has 3 aromatic carbocycles. The second kappa shape index (κ2) is 12.1. The minimum absolute atomic E-state index is 0.128. The van der Waals surface area contributed by atoms with Crippen molar-refractivity contribution in [1.29, 1.82) is 0 Å². The van der Waals surface area contributed by atoms with E-state index in [9.17, 15) is 29.9 Å². The second-order valence-corrected chi connectivity index (χ2v) is 12.5. The summed E-state index contributed by atoms with van der Waals surface area (Å²) in [6.45, 7) is 5.01. The highest BCUT2D eigenvalue weighted by atomic mass is 16.6. The molecular formula is C34H40N4O6. The number of aliphatic carboxylic acids is 2. The Bertz CT molecular complexity index is 1470. The molecule has 5 unspecified atom stereocenters. The van der Waals surface area contributed by atoms with Gasteiger partial charge in [0.2, 0.25) is 0 Å². The molecule has 2 saturated heterocycles. The fraction of sp³-hybridized carbons (Fsp3) is 0.412. The van der Waals surface area contributed by atoms with Crippen molar-refractivity contribution >= 4 is 17.6 Å². The summed E-state index contributed by atoms with van der Waals surface area (Å²) in [6.07, 6.45) is 0.712. The number of hydrogen-bond donors (Lipinski definition) is 4. The number of piperidine rings is 2. The van der Waals surface area contributed by atoms with E-state index in [1.807, 2.05) is 12.1 Å². The Hall–Kier alpha value is -4.12. The van der Waals surface area contributed by atoms with Gasteiger partial charge in [0.25, 0.3) is 5.69 Å². The van der Waals surface area contributed by atoms with Gasteiger partial charge in [-0.3, -0.25) is 25.0 Å². The molecule has 0 spiro atoms. The molecule has 2 fully saturated rings. The number of rotatable bonds is 9. The molecule has 2 aliphatic rings. The van der Waals surface area contributed by atoms with Gasteiger partial charge in [-0.25, -0.2) is 0 Å². The highest BCUT2D eigenvalue weighted by Crippen LogP contribution is 2.56. The van der Waals surface area contributed by atoms with Gasteiger partial charge in [-0.1, -0.05) is 72.8 Å². The predicted molar refractivity (Wildman–Crippen MR) is 166 cm³/mol. The van der Waals surface area contributed by atoms with Crippen LogP contribution in [0.25, 0.3) is 0 Å². The molecule has 5 atom stereocenters. The quantitative estimate of drug-likeness (QED) is 0.204. The van der Waals surface area contributed by atoms with Crippen molar-refractivity contribution in [2.75, 3.05) is 19.6 Å². The number of carboxylic acid groups (broad SMARTS) is 2. The standard InChI is InChI=1S/C34H40N4O6/c1-23-34(31(41)42,28(32(2,30(39)40)29(35)36-23)24-10-9-15-27(22-24)38(43)44)18-21-37-19-16-33(17-20-37,25-11-5-3-6-12-25)26-13-7-4-8-14-26/h3-15,22-23,28-29,36H,16-21,35H2,1-2H3,(H,39,40)(H,41,42). The Balaban J connectivity index is 1.49. The highest BCUT2D eigenvalue weighted by molar-refractivity contribution is 5.84. The number of benzene rings is 3. The van der Waals surface area contributed by atoms with Crippen LogP contribution in [0.3, 0.4) is 0 Å². The van der Waals surface area contributed by atoms with Crippen molar-refractivity contribution in [2.24, 2.45) is 16.6 Å². The van der Waals surface area contributed by atoms with Crippen molar-refractivity contribution < 1.29 is 24.7 Å². The van der Waals surface area contributed by atoms with Crippen LogP contribution in [0.5, 0.6) is 0 Å². The van der Waals surface area contributed by atoms with Gasteiger partial charge >= 0.3 is 11.9 Å². The topological polar surface area (TPSA) is 159 Å². The number of nitro groups is 1. The molecule has 3 aromatic rings. The zero-order valence-electron chi connectivity index (χ0n) is 25.1. The lowest BCUT2D eigenvalue weighted by atomic mass is 9.52. The van der Waals surface area contributed by atoms with Crippen LogP contribution >= 0.6 is 0 Å². The van der Waals surface area contributed by atoms with Gasteiger partial charge in [0.15, 0.2) is 0 Å². The number of hydrogen-bond acceptors (Lipinski definition) is 7. The molecule has 5 rings (SSSR count). The van der Waals surface area contributed by atoms with Crippen molar-refractivity contribution in [3.63, 3.8) is 0 Å². The van der Waals surface area contributed by atoms with E-state index in [0.717, 1.165) is 25.9 Å². The van der Waals surface area contributed by atoms with E-state index in [-0.39, 0.29) is 23.1 Å². The van der Waals surface area contributed by atoms with Crippen molar-refractivity contribution in [3.05, 3.63) is 112 Å². The number of non-ortho nitro benzene ring substituents is 1. The lowest BCUT2D eigenvalue weighted by Gasteiger charge is -2.56. The monoisotopic (exact) mass is 600 g/mol. The zero-order chi connectivity index (χ0) is 31.7. The first kappa shape index (κ1) is 31.3. The lowest BCUT2D eigenvalue weighted by molar-refractivity contribution is -0.385.